The molecule has 2 rings (SSSR count). The van der Waals surface area contributed by atoms with Crippen molar-refractivity contribution in [1.82, 2.24) is 4.98 Å². The van der Waals surface area contributed by atoms with Gasteiger partial charge < -0.3 is 10.5 Å². The lowest BCUT2D eigenvalue weighted by molar-refractivity contribution is 0.415. The maximum atomic E-state index is 5.57. The van der Waals surface area contributed by atoms with E-state index in [2.05, 4.69) is 17.1 Å². The first kappa shape index (κ1) is 11.9. The van der Waals surface area contributed by atoms with E-state index >= 15 is 0 Å². The van der Waals surface area contributed by atoms with Crippen LogP contribution in [0.5, 0.6) is 5.75 Å². The number of aryl methyl sites for hydroxylation is 2. The number of nitrogens with two attached hydrogens (primary N) is 1. The van der Waals surface area contributed by atoms with Crippen molar-refractivity contribution in [3.05, 3.63) is 35.5 Å². The summed E-state index contributed by atoms with van der Waals surface area (Å²) in [7, 11) is 1.67. The average molecular weight is 230 g/mol. The molecule has 0 aliphatic carbocycles. The van der Waals surface area contributed by atoms with Crippen molar-refractivity contribution in [2.45, 2.75) is 19.8 Å². The van der Waals surface area contributed by atoms with Gasteiger partial charge in [-0.05, 0) is 50.1 Å². The van der Waals surface area contributed by atoms with Crippen LogP contribution in [0.1, 0.15) is 17.7 Å². The first-order valence-corrected chi connectivity index (χ1v) is 5.89. The Balaban J connectivity index is 2.51. The van der Waals surface area contributed by atoms with Gasteiger partial charge in [-0.1, -0.05) is 0 Å². The molecule has 1 aromatic heterocycles. The molecule has 0 atom stereocenters. The quantitative estimate of drug-likeness (QED) is 0.877. The van der Waals surface area contributed by atoms with Crippen LogP contribution in [0.3, 0.4) is 0 Å². The third-order valence-electron chi connectivity index (χ3n) is 2.88. The van der Waals surface area contributed by atoms with Crippen LogP contribution < -0.4 is 10.5 Å². The number of methoxy groups -OCH3 is 1. The van der Waals surface area contributed by atoms with Gasteiger partial charge in [0.15, 0.2) is 0 Å². The Morgan fingerprint density at radius 3 is 2.82 bits per heavy atom. The zero-order valence-corrected chi connectivity index (χ0v) is 10.4. The molecular formula is C14H18N2O. The van der Waals surface area contributed by atoms with Gasteiger partial charge in [0.1, 0.15) is 5.75 Å². The molecule has 0 amide bonds. The normalized spacial score (nSPS) is 10.8. The van der Waals surface area contributed by atoms with Gasteiger partial charge in [-0.25, -0.2) is 0 Å². The van der Waals surface area contributed by atoms with Crippen molar-refractivity contribution >= 4 is 10.9 Å². The van der Waals surface area contributed by atoms with Crippen molar-refractivity contribution in [1.29, 1.82) is 0 Å². The molecule has 1 aromatic carbocycles. The van der Waals surface area contributed by atoms with E-state index in [9.17, 15) is 0 Å². The molecule has 0 unspecified atom stereocenters. The third kappa shape index (κ3) is 2.56. The number of aromatic nitrogens is 1. The van der Waals surface area contributed by atoms with E-state index in [1.165, 1.54) is 10.9 Å². The highest BCUT2D eigenvalue weighted by molar-refractivity contribution is 5.83. The summed E-state index contributed by atoms with van der Waals surface area (Å²) in [6.07, 6.45) is 2.01. The SMILES string of the molecule is COc1ccc2c(CCCN)cc(C)nc2c1. The Kier molecular flexibility index (Phi) is 3.59. The van der Waals surface area contributed by atoms with E-state index in [0.717, 1.165) is 36.3 Å². The van der Waals surface area contributed by atoms with Crippen LogP contribution in [0.2, 0.25) is 0 Å². The summed E-state index contributed by atoms with van der Waals surface area (Å²) in [6.45, 7) is 2.74. The lowest BCUT2D eigenvalue weighted by Gasteiger charge is -2.08. The second-order valence-electron chi connectivity index (χ2n) is 4.20. The molecule has 0 saturated heterocycles. The second-order valence-corrected chi connectivity index (χ2v) is 4.20. The fraction of sp³-hybridized carbons (Fsp3) is 0.357. The predicted octanol–water partition coefficient (Wildman–Crippen LogP) is 2.44. The number of fused-ring (bicyclic) bond motifs is 1. The van der Waals surface area contributed by atoms with Gasteiger partial charge in [-0.15, -0.1) is 0 Å². The van der Waals surface area contributed by atoms with Crippen LogP contribution in [-0.2, 0) is 6.42 Å². The van der Waals surface area contributed by atoms with E-state index in [4.69, 9.17) is 10.5 Å². The molecule has 0 fully saturated rings. The fourth-order valence-electron chi connectivity index (χ4n) is 2.05. The van der Waals surface area contributed by atoms with Gasteiger partial charge in [0.2, 0.25) is 0 Å². The molecule has 1 heterocycles. The summed E-state index contributed by atoms with van der Waals surface area (Å²) in [4.78, 5) is 4.54. The van der Waals surface area contributed by atoms with Crippen LogP contribution >= 0.6 is 0 Å². The van der Waals surface area contributed by atoms with Crippen LogP contribution in [0.25, 0.3) is 10.9 Å². The number of ether oxygens (including phenoxy) is 1. The molecule has 2 N–H and O–H groups in total. The summed E-state index contributed by atoms with van der Waals surface area (Å²) < 4.78 is 5.22. The highest BCUT2D eigenvalue weighted by Crippen LogP contribution is 2.23. The van der Waals surface area contributed by atoms with Gasteiger partial charge in [-0.2, -0.15) is 0 Å². The van der Waals surface area contributed by atoms with E-state index in [1.807, 2.05) is 19.1 Å². The first-order valence-electron chi connectivity index (χ1n) is 5.89. The zero-order valence-electron chi connectivity index (χ0n) is 10.4. The van der Waals surface area contributed by atoms with E-state index < -0.39 is 0 Å². The minimum absolute atomic E-state index is 0.721. The van der Waals surface area contributed by atoms with E-state index in [1.54, 1.807) is 7.11 Å². The molecule has 3 heteroatoms. The molecular weight excluding hydrogens is 212 g/mol. The molecule has 0 spiro atoms. The predicted molar refractivity (Wildman–Crippen MR) is 70.4 cm³/mol. The smallest absolute Gasteiger partial charge is 0.121 e. The molecule has 3 nitrogen and oxygen atoms in total. The first-order chi connectivity index (χ1) is 8.24. The highest BCUT2D eigenvalue weighted by atomic mass is 16.5. The van der Waals surface area contributed by atoms with Gasteiger partial charge in [-0.3, -0.25) is 4.98 Å². The van der Waals surface area contributed by atoms with Crippen molar-refractivity contribution in [3.8, 4) is 5.75 Å². The van der Waals surface area contributed by atoms with Crippen LogP contribution in [0.15, 0.2) is 24.3 Å². The van der Waals surface area contributed by atoms with Gasteiger partial charge in [0.25, 0.3) is 0 Å². The van der Waals surface area contributed by atoms with Gasteiger partial charge >= 0.3 is 0 Å². The number of benzene rings is 1. The number of rotatable bonds is 4. The van der Waals surface area contributed by atoms with Crippen LogP contribution in [0.4, 0.5) is 0 Å². The summed E-state index contributed by atoms with van der Waals surface area (Å²) in [5.41, 5.74) is 8.92. The number of nitrogens with zero attached hydrogens (tertiary/aromatic N) is 1. The minimum atomic E-state index is 0.721. The molecule has 0 aliphatic rings. The Hall–Kier alpha value is -1.61. The Labute approximate surface area is 102 Å². The number of hydrogen-bond acceptors (Lipinski definition) is 3. The van der Waals surface area contributed by atoms with Crippen LogP contribution in [-0.4, -0.2) is 18.6 Å². The van der Waals surface area contributed by atoms with Crippen LogP contribution in [0, 0.1) is 6.92 Å². The zero-order chi connectivity index (χ0) is 12.3. The van der Waals surface area contributed by atoms with E-state index in [0.29, 0.717) is 0 Å². The van der Waals surface area contributed by atoms with E-state index in [-0.39, 0.29) is 0 Å². The summed E-state index contributed by atoms with van der Waals surface area (Å²) in [5, 5.41) is 1.20. The van der Waals surface area contributed by atoms with Crippen molar-refractivity contribution < 1.29 is 4.74 Å². The monoisotopic (exact) mass is 230 g/mol. The summed E-state index contributed by atoms with van der Waals surface area (Å²) in [5.74, 6) is 0.848. The molecule has 0 aliphatic heterocycles. The lowest BCUT2D eigenvalue weighted by Crippen LogP contribution is -2.01. The Morgan fingerprint density at radius 2 is 2.12 bits per heavy atom. The van der Waals surface area contributed by atoms with Gasteiger partial charge in [0, 0.05) is 17.1 Å². The second kappa shape index (κ2) is 5.15. The van der Waals surface area contributed by atoms with Crippen molar-refractivity contribution in [3.63, 3.8) is 0 Å². The molecule has 0 radical (unpaired) electrons. The maximum absolute atomic E-state index is 5.57. The fourth-order valence-corrected chi connectivity index (χ4v) is 2.05. The molecule has 17 heavy (non-hydrogen) atoms. The largest absolute Gasteiger partial charge is 0.497 e. The summed E-state index contributed by atoms with van der Waals surface area (Å²) in [6, 6.07) is 8.18. The number of hydrogen-bond donors (Lipinski definition) is 1. The maximum Gasteiger partial charge on any atom is 0.121 e. The standard InChI is InChI=1S/C14H18N2O/c1-10-8-11(4-3-7-15)13-6-5-12(17-2)9-14(13)16-10/h5-6,8-9H,3-4,7,15H2,1-2H3. The average Bonchev–Trinajstić information content (AvgIpc) is 2.34. The van der Waals surface area contributed by atoms with Gasteiger partial charge in [0.05, 0.1) is 12.6 Å². The Bertz CT molecular complexity index is 523. The minimum Gasteiger partial charge on any atom is -0.497 e. The lowest BCUT2D eigenvalue weighted by atomic mass is 10.0. The Morgan fingerprint density at radius 1 is 1.29 bits per heavy atom. The topological polar surface area (TPSA) is 48.1 Å². The van der Waals surface area contributed by atoms with Crippen molar-refractivity contribution in [2.24, 2.45) is 5.73 Å². The molecule has 2 aromatic rings. The molecule has 90 valence electrons. The number of pyridine rings is 1. The third-order valence-corrected chi connectivity index (χ3v) is 2.88. The molecule has 0 saturated carbocycles. The summed E-state index contributed by atoms with van der Waals surface area (Å²) >= 11 is 0. The molecule has 0 bridgehead atoms. The highest BCUT2D eigenvalue weighted by Gasteiger charge is 2.05. The van der Waals surface area contributed by atoms with Crippen molar-refractivity contribution in [2.75, 3.05) is 13.7 Å².